The van der Waals surface area contributed by atoms with Gasteiger partial charge in [0.15, 0.2) is 0 Å². The Morgan fingerprint density at radius 3 is 2.76 bits per heavy atom. The largest absolute Gasteiger partial charge is 0.327 e. The highest BCUT2D eigenvalue weighted by Gasteiger charge is 2.18. The summed E-state index contributed by atoms with van der Waals surface area (Å²) in [5.41, 5.74) is 7.78. The second kappa shape index (κ2) is 4.59. The van der Waals surface area contributed by atoms with Gasteiger partial charge in [-0.3, -0.25) is 0 Å². The zero-order chi connectivity index (χ0) is 14.4. The van der Waals surface area contributed by atoms with Crippen molar-refractivity contribution in [3.8, 4) is 11.4 Å². The van der Waals surface area contributed by atoms with Gasteiger partial charge in [-0.1, -0.05) is 48.9 Å². The third-order valence-electron chi connectivity index (χ3n) is 4.44. The summed E-state index contributed by atoms with van der Waals surface area (Å²) in [6.07, 6.45) is 4.56. The third-order valence-corrected chi connectivity index (χ3v) is 4.44. The molecule has 1 aromatic heterocycles. The number of hydrogen-bond donors (Lipinski definition) is 0. The number of rotatable bonds is 2. The lowest BCUT2D eigenvalue weighted by atomic mass is 10.0. The number of aryl methyl sites for hydroxylation is 1. The molecule has 0 aliphatic heterocycles. The van der Waals surface area contributed by atoms with Gasteiger partial charge in [0, 0.05) is 12.6 Å². The van der Waals surface area contributed by atoms with Gasteiger partial charge >= 0.3 is 0 Å². The number of allylic oxidation sites excluding steroid dienone is 1. The molecule has 0 saturated carbocycles. The summed E-state index contributed by atoms with van der Waals surface area (Å²) in [4.78, 5) is 4.84. The average Bonchev–Trinajstić information content (AvgIpc) is 3.08. The van der Waals surface area contributed by atoms with E-state index in [2.05, 4.69) is 61.0 Å². The van der Waals surface area contributed by atoms with Gasteiger partial charge in [0.05, 0.1) is 11.0 Å². The van der Waals surface area contributed by atoms with E-state index < -0.39 is 0 Å². The summed E-state index contributed by atoms with van der Waals surface area (Å²) in [6.45, 7) is 2.23. The number of benzene rings is 2. The zero-order valence-electron chi connectivity index (χ0n) is 12.4. The van der Waals surface area contributed by atoms with Crippen LogP contribution in [0.25, 0.3) is 28.5 Å². The van der Waals surface area contributed by atoms with Gasteiger partial charge in [0.1, 0.15) is 5.82 Å². The van der Waals surface area contributed by atoms with Gasteiger partial charge in [-0.2, -0.15) is 0 Å². The van der Waals surface area contributed by atoms with E-state index in [-0.39, 0.29) is 0 Å². The van der Waals surface area contributed by atoms with Crippen LogP contribution in [0.3, 0.4) is 0 Å². The van der Waals surface area contributed by atoms with Crippen LogP contribution < -0.4 is 0 Å². The van der Waals surface area contributed by atoms with Crippen LogP contribution in [-0.2, 0) is 13.5 Å². The predicted octanol–water partition coefficient (Wildman–Crippen LogP) is 4.59. The summed E-state index contributed by atoms with van der Waals surface area (Å²) in [5.74, 6) is 1.06. The Hall–Kier alpha value is -2.35. The number of nitrogens with zero attached hydrogens (tertiary/aromatic N) is 2. The van der Waals surface area contributed by atoms with Crippen molar-refractivity contribution < 1.29 is 0 Å². The summed E-state index contributed by atoms with van der Waals surface area (Å²) >= 11 is 0. The monoisotopic (exact) mass is 274 g/mol. The molecule has 1 aliphatic rings. The van der Waals surface area contributed by atoms with Crippen molar-refractivity contribution in [2.24, 2.45) is 7.05 Å². The maximum Gasteiger partial charge on any atom is 0.141 e. The fourth-order valence-electron chi connectivity index (χ4n) is 3.25. The Kier molecular flexibility index (Phi) is 2.71. The molecule has 0 fully saturated rings. The maximum absolute atomic E-state index is 4.84. The Morgan fingerprint density at radius 2 is 1.95 bits per heavy atom. The second-order valence-electron chi connectivity index (χ2n) is 5.69. The first kappa shape index (κ1) is 12.4. The Labute approximate surface area is 124 Å². The van der Waals surface area contributed by atoms with E-state index in [4.69, 9.17) is 4.98 Å². The lowest BCUT2D eigenvalue weighted by Gasteiger charge is -2.07. The third kappa shape index (κ3) is 1.83. The molecule has 21 heavy (non-hydrogen) atoms. The highest BCUT2D eigenvalue weighted by molar-refractivity contribution is 5.84. The average molecular weight is 274 g/mol. The molecule has 104 valence electrons. The minimum absolute atomic E-state index is 1.06. The van der Waals surface area contributed by atoms with Crippen LogP contribution in [0, 0.1) is 0 Å². The quantitative estimate of drug-likeness (QED) is 0.668. The van der Waals surface area contributed by atoms with Crippen molar-refractivity contribution in [1.82, 2.24) is 9.55 Å². The van der Waals surface area contributed by atoms with E-state index in [1.807, 2.05) is 6.07 Å². The van der Waals surface area contributed by atoms with E-state index in [1.165, 1.54) is 27.8 Å². The normalized spacial score (nSPS) is 13.5. The highest BCUT2D eigenvalue weighted by atomic mass is 15.1. The molecule has 0 spiro atoms. The van der Waals surface area contributed by atoms with Gasteiger partial charge in [-0.15, -0.1) is 0 Å². The Balaban J connectivity index is 1.97. The molecule has 3 aromatic rings. The van der Waals surface area contributed by atoms with Crippen LogP contribution in [-0.4, -0.2) is 9.55 Å². The van der Waals surface area contributed by atoms with Crippen LogP contribution in [0.2, 0.25) is 0 Å². The fraction of sp³-hybridized carbons (Fsp3) is 0.211. The van der Waals surface area contributed by atoms with Crippen molar-refractivity contribution in [2.75, 3.05) is 0 Å². The molecule has 0 N–H and O–H groups in total. The Morgan fingerprint density at radius 1 is 1.10 bits per heavy atom. The van der Waals surface area contributed by atoms with Gasteiger partial charge in [-0.05, 0) is 36.1 Å². The molecule has 0 atom stereocenters. The number of fused-ring (bicyclic) bond motifs is 2. The lowest BCUT2D eigenvalue weighted by Crippen LogP contribution is -1.95. The second-order valence-corrected chi connectivity index (χ2v) is 5.69. The first-order chi connectivity index (χ1) is 10.3. The summed E-state index contributed by atoms with van der Waals surface area (Å²) in [6, 6.07) is 14.9. The Bertz CT molecular complexity index is 868. The molecule has 2 heteroatoms. The van der Waals surface area contributed by atoms with Crippen LogP contribution in [0.5, 0.6) is 0 Å². The summed E-state index contributed by atoms with van der Waals surface area (Å²) < 4.78 is 2.20. The topological polar surface area (TPSA) is 17.8 Å². The molecule has 1 heterocycles. The van der Waals surface area contributed by atoms with Crippen LogP contribution >= 0.6 is 0 Å². The molecule has 2 nitrogen and oxygen atoms in total. The number of imidazole rings is 1. The number of aromatic nitrogens is 2. The van der Waals surface area contributed by atoms with E-state index in [0.717, 1.165) is 24.2 Å². The van der Waals surface area contributed by atoms with Crippen LogP contribution in [0.15, 0.2) is 48.0 Å². The predicted molar refractivity (Wildman–Crippen MR) is 88.1 cm³/mol. The SMILES string of the molecule is CCC1=Cc2c(cccc2-c2nc3ccccc3n2C)C1. The van der Waals surface area contributed by atoms with Crippen molar-refractivity contribution in [3.05, 3.63) is 59.2 Å². The standard InChI is InChI=1S/C19H18N2/c1-3-13-11-14-7-6-8-15(16(14)12-13)19-20-17-9-4-5-10-18(17)21(19)2/h4-10,12H,3,11H2,1-2H3. The molecule has 0 amide bonds. The molecule has 4 rings (SSSR count). The first-order valence-corrected chi connectivity index (χ1v) is 7.51. The smallest absolute Gasteiger partial charge is 0.141 e. The molecule has 0 unspecified atom stereocenters. The first-order valence-electron chi connectivity index (χ1n) is 7.51. The van der Waals surface area contributed by atoms with Crippen LogP contribution in [0.4, 0.5) is 0 Å². The van der Waals surface area contributed by atoms with Gasteiger partial charge in [-0.25, -0.2) is 4.98 Å². The molecule has 1 aliphatic carbocycles. The van der Waals surface area contributed by atoms with Gasteiger partial charge < -0.3 is 4.57 Å². The molecule has 0 radical (unpaired) electrons. The molecular weight excluding hydrogens is 256 g/mol. The lowest BCUT2D eigenvalue weighted by molar-refractivity contribution is 0.958. The minimum Gasteiger partial charge on any atom is -0.327 e. The fourth-order valence-corrected chi connectivity index (χ4v) is 3.25. The van der Waals surface area contributed by atoms with Crippen molar-refractivity contribution in [2.45, 2.75) is 19.8 Å². The van der Waals surface area contributed by atoms with Crippen molar-refractivity contribution in [3.63, 3.8) is 0 Å². The van der Waals surface area contributed by atoms with E-state index >= 15 is 0 Å². The number of para-hydroxylation sites is 2. The molecular formula is C19H18N2. The van der Waals surface area contributed by atoms with Crippen molar-refractivity contribution >= 4 is 17.1 Å². The van der Waals surface area contributed by atoms with Gasteiger partial charge in [0.2, 0.25) is 0 Å². The van der Waals surface area contributed by atoms with Crippen molar-refractivity contribution in [1.29, 1.82) is 0 Å². The van der Waals surface area contributed by atoms with Gasteiger partial charge in [0.25, 0.3) is 0 Å². The maximum atomic E-state index is 4.84. The van der Waals surface area contributed by atoms with E-state index in [1.54, 1.807) is 0 Å². The van der Waals surface area contributed by atoms with E-state index in [9.17, 15) is 0 Å². The van der Waals surface area contributed by atoms with E-state index in [0.29, 0.717) is 0 Å². The summed E-state index contributed by atoms with van der Waals surface area (Å²) in [7, 11) is 2.10. The molecule has 2 aromatic carbocycles. The summed E-state index contributed by atoms with van der Waals surface area (Å²) in [5, 5.41) is 0. The number of hydrogen-bond acceptors (Lipinski definition) is 1. The highest BCUT2D eigenvalue weighted by Crippen LogP contribution is 2.35. The molecule has 0 saturated heterocycles. The van der Waals surface area contributed by atoms with Crippen LogP contribution in [0.1, 0.15) is 24.5 Å². The zero-order valence-corrected chi connectivity index (χ0v) is 12.4. The molecule has 0 bridgehead atoms. The minimum atomic E-state index is 1.06.